The molecule has 0 unspecified atom stereocenters. The van der Waals surface area contributed by atoms with Crippen LogP contribution in [0.5, 0.6) is 0 Å². The summed E-state index contributed by atoms with van der Waals surface area (Å²) in [7, 11) is 0. The molecule has 33 heavy (non-hydrogen) atoms. The summed E-state index contributed by atoms with van der Waals surface area (Å²) in [5.41, 5.74) is 9.69. The third-order valence-electron chi connectivity index (χ3n) is 5.53. The van der Waals surface area contributed by atoms with Crippen LogP contribution in [0.1, 0.15) is 19.3 Å². The lowest BCUT2D eigenvalue weighted by molar-refractivity contribution is 0.685. The minimum atomic E-state index is -0.237. The monoisotopic (exact) mass is 443 g/mol. The number of H-pyrrole nitrogens is 3. The lowest BCUT2D eigenvalue weighted by Crippen LogP contribution is -2.20. The molecule has 168 valence electrons. The molecule has 3 aromatic heterocycles. The molecule has 0 saturated carbocycles. The third-order valence-corrected chi connectivity index (χ3v) is 5.53. The number of rotatable bonds is 9. The molecule has 10 nitrogen and oxygen atoms in total. The standard InChI is InChI=1S/C23H25N9O/c24-10-2-1-3-12-32(20-6-4-5-17-16(20)14-26-31-17)21-9-11-25-22(30-21)27-15-7-8-18-19(13-15)29-23(33)28-18/h4-9,11,13-14H,1-3,10,12,24H2,(H,26,31)(H,25,27,30)(H2,28,29,33). The number of aromatic amines is 3. The predicted molar refractivity (Wildman–Crippen MR) is 130 cm³/mol. The van der Waals surface area contributed by atoms with Crippen molar-refractivity contribution in [2.45, 2.75) is 19.3 Å². The highest BCUT2D eigenvalue weighted by molar-refractivity contribution is 5.93. The van der Waals surface area contributed by atoms with Gasteiger partial charge in [0, 0.05) is 23.8 Å². The van der Waals surface area contributed by atoms with E-state index in [4.69, 9.17) is 10.7 Å². The maximum atomic E-state index is 11.5. The van der Waals surface area contributed by atoms with Gasteiger partial charge in [-0.3, -0.25) is 5.10 Å². The highest BCUT2D eigenvalue weighted by atomic mass is 16.1. The van der Waals surface area contributed by atoms with Crippen molar-refractivity contribution in [2.24, 2.45) is 5.73 Å². The zero-order valence-electron chi connectivity index (χ0n) is 18.0. The minimum Gasteiger partial charge on any atom is -0.330 e. The van der Waals surface area contributed by atoms with E-state index >= 15 is 0 Å². The molecule has 5 aromatic rings. The van der Waals surface area contributed by atoms with Crippen LogP contribution in [0.2, 0.25) is 0 Å². The number of nitrogens with zero attached hydrogens (tertiary/aromatic N) is 4. The van der Waals surface area contributed by atoms with Crippen LogP contribution < -0.4 is 21.6 Å². The van der Waals surface area contributed by atoms with Gasteiger partial charge in [-0.2, -0.15) is 10.1 Å². The number of aromatic nitrogens is 6. The average molecular weight is 444 g/mol. The molecule has 5 rings (SSSR count). The fourth-order valence-corrected chi connectivity index (χ4v) is 3.94. The van der Waals surface area contributed by atoms with Crippen LogP contribution in [0.15, 0.2) is 59.7 Å². The van der Waals surface area contributed by atoms with Gasteiger partial charge in [0.1, 0.15) is 5.82 Å². The van der Waals surface area contributed by atoms with E-state index in [0.717, 1.165) is 59.4 Å². The molecule has 0 aliphatic rings. The first-order valence-corrected chi connectivity index (χ1v) is 10.9. The molecule has 3 heterocycles. The molecule has 0 aliphatic carbocycles. The van der Waals surface area contributed by atoms with Crippen LogP contribution >= 0.6 is 0 Å². The Kier molecular flexibility index (Phi) is 5.73. The maximum Gasteiger partial charge on any atom is 0.323 e. The van der Waals surface area contributed by atoms with Gasteiger partial charge in [0.05, 0.1) is 28.4 Å². The van der Waals surface area contributed by atoms with Crippen LogP contribution in [0.3, 0.4) is 0 Å². The Hall–Kier alpha value is -4.18. The van der Waals surface area contributed by atoms with Crippen LogP contribution in [0.25, 0.3) is 21.9 Å². The second-order valence-electron chi connectivity index (χ2n) is 7.81. The molecule has 0 spiro atoms. The molecule has 0 radical (unpaired) electrons. The number of hydrogen-bond donors (Lipinski definition) is 5. The molecule has 0 atom stereocenters. The van der Waals surface area contributed by atoms with Crippen molar-refractivity contribution >= 4 is 45.1 Å². The number of nitrogens with one attached hydrogen (secondary N) is 4. The Morgan fingerprint density at radius 2 is 1.91 bits per heavy atom. The second kappa shape index (κ2) is 9.13. The van der Waals surface area contributed by atoms with Gasteiger partial charge in [-0.25, -0.2) is 9.78 Å². The van der Waals surface area contributed by atoms with E-state index in [1.54, 1.807) is 6.20 Å². The number of unbranched alkanes of at least 4 members (excludes halogenated alkanes) is 2. The van der Waals surface area contributed by atoms with E-state index in [2.05, 4.69) is 41.4 Å². The van der Waals surface area contributed by atoms with Crippen LogP contribution in [0.4, 0.5) is 23.1 Å². The van der Waals surface area contributed by atoms with E-state index < -0.39 is 0 Å². The Balaban J connectivity index is 1.46. The number of fused-ring (bicyclic) bond motifs is 2. The highest BCUT2D eigenvalue weighted by Gasteiger charge is 2.15. The van der Waals surface area contributed by atoms with Gasteiger partial charge in [-0.05, 0) is 55.8 Å². The van der Waals surface area contributed by atoms with Crippen molar-refractivity contribution in [1.82, 2.24) is 30.1 Å². The van der Waals surface area contributed by atoms with E-state index in [1.165, 1.54) is 0 Å². The lowest BCUT2D eigenvalue weighted by atomic mass is 10.1. The highest BCUT2D eigenvalue weighted by Crippen LogP contribution is 2.31. The molecule has 0 fully saturated rings. The van der Waals surface area contributed by atoms with Gasteiger partial charge >= 0.3 is 5.69 Å². The first kappa shape index (κ1) is 20.7. The normalized spacial score (nSPS) is 11.3. The third kappa shape index (κ3) is 4.41. The Morgan fingerprint density at radius 1 is 1.00 bits per heavy atom. The number of anilines is 4. The molecule has 0 bridgehead atoms. The molecule has 10 heteroatoms. The number of imidazole rings is 1. The second-order valence-corrected chi connectivity index (χ2v) is 7.81. The van der Waals surface area contributed by atoms with E-state index in [1.807, 2.05) is 42.6 Å². The minimum absolute atomic E-state index is 0.237. The lowest BCUT2D eigenvalue weighted by Gasteiger charge is -2.25. The summed E-state index contributed by atoms with van der Waals surface area (Å²) in [5, 5.41) is 11.5. The van der Waals surface area contributed by atoms with Gasteiger partial charge in [-0.15, -0.1) is 0 Å². The Morgan fingerprint density at radius 3 is 2.82 bits per heavy atom. The molecule has 0 amide bonds. The predicted octanol–water partition coefficient (Wildman–Crippen LogP) is 3.53. The van der Waals surface area contributed by atoms with Crippen molar-refractivity contribution < 1.29 is 0 Å². The van der Waals surface area contributed by atoms with Gasteiger partial charge in [0.2, 0.25) is 5.95 Å². The summed E-state index contributed by atoms with van der Waals surface area (Å²) in [6.45, 7) is 1.48. The molecule has 2 aromatic carbocycles. The smallest absolute Gasteiger partial charge is 0.323 e. The van der Waals surface area contributed by atoms with Crippen LogP contribution in [0, 0.1) is 0 Å². The summed E-state index contributed by atoms with van der Waals surface area (Å²) < 4.78 is 0. The van der Waals surface area contributed by atoms with Crippen molar-refractivity contribution in [3.63, 3.8) is 0 Å². The summed E-state index contributed by atoms with van der Waals surface area (Å²) in [6.07, 6.45) is 6.59. The van der Waals surface area contributed by atoms with E-state index in [0.29, 0.717) is 18.0 Å². The summed E-state index contributed by atoms with van der Waals surface area (Å²) >= 11 is 0. The summed E-state index contributed by atoms with van der Waals surface area (Å²) in [4.78, 5) is 28.4. The number of hydrogen-bond acceptors (Lipinski definition) is 7. The zero-order valence-corrected chi connectivity index (χ0v) is 18.0. The van der Waals surface area contributed by atoms with Crippen molar-refractivity contribution in [1.29, 1.82) is 0 Å². The van der Waals surface area contributed by atoms with Gasteiger partial charge in [0.25, 0.3) is 0 Å². The van der Waals surface area contributed by atoms with Crippen LogP contribution in [-0.4, -0.2) is 43.2 Å². The molecular formula is C23H25N9O. The quantitative estimate of drug-likeness (QED) is 0.219. The first-order valence-electron chi connectivity index (χ1n) is 10.9. The summed E-state index contributed by atoms with van der Waals surface area (Å²) in [5.74, 6) is 1.25. The fraction of sp³-hybridized carbons (Fsp3) is 0.217. The number of benzene rings is 2. The molecule has 0 saturated heterocycles. The number of nitrogens with two attached hydrogens (primary N) is 1. The maximum absolute atomic E-state index is 11.5. The van der Waals surface area contributed by atoms with E-state index in [9.17, 15) is 4.79 Å². The molecule has 0 aliphatic heterocycles. The Bertz CT molecular complexity index is 1430. The first-order chi connectivity index (χ1) is 16.2. The topological polar surface area (TPSA) is 144 Å². The van der Waals surface area contributed by atoms with Gasteiger partial charge in [-0.1, -0.05) is 12.5 Å². The Labute approximate surface area is 189 Å². The zero-order chi connectivity index (χ0) is 22.6. The van der Waals surface area contributed by atoms with Crippen molar-refractivity contribution in [3.8, 4) is 0 Å². The van der Waals surface area contributed by atoms with Gasteiger partial charge in [0.15, 0.2) is 0 Å². The SMILES string of the molecule is NCCCCCN(c1ccnc(Nc2ccc3[nH]c(=O)[nH]c3c2)n1)c1cccc2[nH]ncc12. The largest absolute Gasteiger partial charge is 0.330 e. The van der Waals surface area contributed by atoms with Crippen LogP contribution in [-0.2, 0) is 0 Å². The summed E-state index contributed by atoms with van der Waals surface area (Å²) in [6, 6.07) is 13.6. The van der Waals surface area contributed by atoms with Gasteiger partial charge < -0.3 is 25.9 Å². The van der Waals surface area contributed by atoms with Crippen molar-refractivity contribution in [3.05, 3.63) is 65.3 Å². The van der Waals surface area contributed by atoms with Crippen molar-refractivity contribution in [2.75, 3.05) is 23.3 Å². The average Bonchev–Trinajstić information content (AvgIpc) is 3.45. The fourth-order valence-electron chi connectivity index (χ4n) is 3.94. The van der Waals surface area contributed by atoms with E-state index in [-0.39, 0.29) is 5.69 Å². The molecule has 6 N–H and O–H groups in total. The molecular weight excluding hydrogens is 418 g/mol.